The summed E-state index contributed by atoms with van der Waals surface area (Å²) in [4.78, 5) is 21.6. The maximum atomic E-state index is 10.8. The molecule has 0 aromatic heterocycles. The number of carboxylic acid groups (broad SMARTS) is 1. The lowest BCUT2D eigenvalue weighted by Gasteiger charge is -2.07. The average molecular weight is 219 g/mol. The van der Waals surface area contributed by atoms with Crippen molar-refractivity contribution in [2.75, 3.05) is 0 Å². The predicted molar refractivity (Wildman–Crippen MR) is 60.7 cm³/mol. The molecule has 1 aromatic rings. The molecule has 16 heavy (non-hydrogen) atoms. The zero-order valence-electron chi connectivity index (χ0n) is 8.88. The molecule has 0 aliphatic heterocycles. The van der Waals surface area contributed by atoms with Gasteiger partial charge in [-0.05, 0) is 5.56 Å². The number of benzene rings is 1. The summed E-state index contributed by atoms with van der Waals surface area (Å²) in [5, 5.41) is 11.2. The fraction of sp³-hybridized carbons (Fsp3) is 0.167. The van der Waals surface area contributed by atoms with Crippen molar-refractivity contribution < 1.29 is 14.7 Å². The molecular formula is C12H13NO3. The molecule has 4 heteroatoms. The summed E-state index contributed by atoms with van der Waals surface area (Å²) in [6, 6.07) is 8.30. The number of aliphatic carboxylic acids is 1. The third-order valence-electron chi connectivity index (χ3n) is 1.91. The Morgan fingerprint density at radius 2 is 1.94 bits per heavy atom. The maximum Gasteiger partial charge on any atom is 0.330 e. The van der Waals surface area contributed by atoms with Crippen LogP contribution in [0.1, 0.15) is 12.5 Å². The molecule has 0 unspecified atom stereocenters. The van der Waals surface area contributed by atoms with Gasteiger partial charge in [-0.25, -0.2) is 4.79 Å². The molecular weight excluding hydrogens is 206 g/mol. The second kappa shape index (κ2) is 5.70. The summed E-state index contributed by atoms with van der Waals surface area (Å²) in [7, 11) is 0. The van der Waals surface area contributed by atoms with Crippen LogP contribution in [0.3, 0.4) is 0 Å². The fourth-order valence-corrected chi connectivity index (χ4v) is 1.18. The lowest BCUT2D eigenvalue weighted by atomic mass is 10.1. The monoisotopic (exact) mass is 219 g/mol. The van der Waals surface area contributed by atoms with Gasteiger partial charge in [-0.3, -0.25) is 4.79 Å². The minimum atomic E-state index is -1.08. The molecule has 0 aliphatic rings. The first kappa shape index (κ1) is 12.0. The van der Waals surface area contributed by atoms with Crippen molar-refractivity contribution in [2.45, 2.75) is 13.0 Å². The van der Waals surface area contributed by atoms with Crippen LogP contribution in [0, 0.1) is 0 Å². The van der Waals surface area contributed by atoms with Crippen LogP contribution in [0.15, 0.2) is 36.4 Å². The van der Waals surface area contributed by atoms with E-state index >= 15 is 0 Å². The summed E-state index contributed by atoms with van der Waals surface area (Å²) in [5.74, 6) is -1.45. The predicted octanol–water partition coefficient (Wildman–Crippen LogP) is 1.29. The average Bonchev–Trinajstić information content (AvgIpc) is 2.25. The molecule has 0 saturated carbocycles. The Morgan fingerprint density at radius 1 is 1.31 bits per heavy atom. The van der Waals surface area contributed by atoms with Crippen molar-refractivity contribution in [3.63, 3.8) is 0 Å². The largest absolute Gasteiger partial charge is 0.479 e. The summed E-state index contributed by atoms with van der Waals surface area (Å²) >= 11 is 0. The van der Waals surface area contributed by atoms with E-state index in [-0.39, 0.29) is 5.91 Å². The van der Waals surface area contributed by atoms with Crippen LogP contribution in [-0.4, -0.2) is 23.0 Å². The van der Waals surface area contributed by atoms with Crippen molar-refractivity contribution in [3.05, 3.63) is 42.0 Å². The number of carbonyl (C=O) groups is 2. The van der Waals surface area contributed by atoms with E-state index in [0.29, 0.717) is 0 Å². The van der Waals surface area contributed by atoms with E-state index in [4.69, 9.17) is 5.11 Å². The lowest BCUT2D eigenvalue weighted by molar-refractivity contribution is -0.140. The van der Waals surface area contributed by atoms with Gasteiger partial charge in [-0.2, -0.15) is 0 Å². The zero-order chi connectivity index (χ0) is 12.0. The van der Waals surface area contributed by atoms with Gasteiger partial charge in [-0.15, -0.1) is 0 Å². The lowest BCUT2D eigenvalue weighted by Crippen LogP contribution is -2.37. The Labute approximate surface area is 93.6 Å². The highest BCUT2D eigenvalue weighted by atomic mass is 16.4. The smallest absolute Gasteiger partial charge is 0.330 e. The van der Waals surface area contributed by atoms with Crippen LogP contribution >= 0.6 is 0 Å². The van der Waals surface area contributed by atoms with Crippen LogP contribution in [0.2, 0.25) is 0 Å². The van der Waals surface area contributed by atoms with Gasteiger partial charge in [0.1, 0.15) is 6.04 Å². The first-order chi connectivity index (χ1) is 7.59. The van der Waals surface area contributed by atoms with E-state index in [1.54, 1.807) is 6.08 Å². The van der Waals surface area contributed by atoms with Crippen LogP contribution < -0.4 is 5.32 Å². The number of hydrogen-bond donors (Lipinski definition) is 2. The SMILES string of the molecule is CC(=O)N[C@@H](/C=C/c1ccccc1)C(=O)O. The molecule has 0 saturated heterocycles. The second-order valence-corrected chi connectivity index (χ2v) is 3.29. The van der Waals surface area contributed by atoms with Gasteiger partial charge in [0.2, 0.25) is 5.91 Å². The van der Waals surface area contributed by atoms with Crippen molar-refractivity contribution in [1.82, 2.24) is 5.32 Å². The fourth-order valence-electron chi connectivity index (χ4n) is 1.18. The molecule has 0 spiro atoms. The summed E-state index contributed by atoms with van der Waals surface area (Å²) in [5.41, 5.74) is 0.888. The molecule has 1 aromatic carbocycles. The molecule has 0 radical (unpaired) electrons. The summed E-state index contributed by atoms with van der Waals surface area (Å²) in [6.45, 7) is 1.28. The standard InChI is InChI=1S/C12H13NO3/c1-9(14)13-11(12(15)16)8-7-10-5-3-2-4-6-10/h2-8,11H,1H3,(H,13,14)(H,15,16)/b8-7+/t11-/m0/s1. The third kappa shape index (κ3) is 3.96. The molecule has 1 amide bonds. The first-order valence-electron chi connectivity index (χ1n) is 4.83. The number of amides is 1. The Morgan fingerprint density at radius 3 is 2.44 bits per heavy atom. The number of carbonyl (C=O) groups excluding carboxylic acids is 1. The molecule has 84 valence electrons. The summed E-state index contributed by atoms with van der Waals surface area (Å²) in [6.07, 6.45) is 3.10. The van der Waals surface area contributed by atoms with E-state index in [2.05, 4.69) is 5.32 Å². The molecule has 1 atom stereocenters. The van der Waals surface area contributed by atoms with E-state index < -0.39 is 12.0 Å². The molecule has 0 fully saturated rings. The van der Waals surface area contributed by atoms with Gasteiger partial charge >= 0.3 is 5.97 Å². The van der Waals surface area contributed by atoms with Crippen molar-refractivity contribution >= 4 is 18.0 Å². The number of rotatable bonds is 4. The van der Waals surface area contributed by atoms with Gasteiger partial charge in [0.25, 0.3) is 0 Å². The highest BCUT2D eigenvalue weighted by molar-refractivity contribution is 5.84. The zero-order valence-corrected chi connectivity index (χ0v) is 8.88. The molecule has 0 bridgehead atoms. The quantitative estimate of drug-likeness (QED) is 0.801. The highest BCUT2D eigenvalue weighted by Gasteiger charge is 2.13. The van der Waals surface area contributed by atoms with E-state index in [1.165, 1.54) is 13.0 Å². The molecule has 1 rings (SSSR count). The Bertz CT molecular complexity index is 398. The Balaban J connectivity index is 2.72. The number of carboxylic acids is 1. The highest BCUT2D eigenvalue weighted by Crippen LogP contribution is 2.02. The Hall–Kier alpha value is -2.10. The molecule has 2 N–H and O–H groups in total. The Kier molecular flexibility index (Phi) is 4.27. The molecule has 0 heterocycles. The van der Waals surface area contributed by atoms with Crippen LogP contribution in [0.25, 0.3) is 6.08 Å². The van der Waals surface area contributed by atoms with Crippen molar-refractivity contribution in [3.8, 4) is 0 Å². The van der Waals surface area contributed by atoms with E-state index in [1.807, 2.05) is 30.3 Å². The van der Waals surface area contributed by atoms with Gasteiger partial charge in [0.15, 0.2) is 0 Å². The second-order valence-electron chi connectivity index (χ2n) is 3.29. The van der Waals surface area contributed by atoms with Crippen LogP contribution in [0.5, 0.6) is 0 Å². The first-order valence-corrected chi connectivity index (χ1v) is 4.83. The molecule has 4 nitrogen and oxygen atoms in total. The van der Waals surface area contributed by atoms with E-state index in [0.717, 1.165) is 5.56 Å². The van der Waals surface area contributed by atoms with Gasteiger partial charge in [0, 0.05) is 6.92 Å². The minimum absolute atomic E-state index is 0.370. The number of nitrogens with one attached hydrogen (secondary N) is 1. The van der Waals surface area contributed by atoms with Gasteiger partial charge in [-0.1, -0.05) is 42.5 Å². The topological polar surface area (TPSA) is 66.4 Å². The van der Waals surface area contributed by atoms with E-state index in [9.17, 15) is 9.59 Å². The third-order valence-corrected chi connectivity index (χ3v) is 1.91. The van der Waals surface area contributed by atoms with Crippen LogP contribution in [-0.2, 0) is 9.59 Å². The van der Waals surface area contributed by atoms with Crippen molar-refractivity contribution in [1.29, 1.82) is 0 Å². The summed E-state index contributed by atoms with van der Waals surface area (Å²) < 4.78 is 0. The molecule has 0 aliphatic carbocycles. The number of hydrogen-bond acceptors (Lipinski definition) is 2. The van der Waals surface area contributed by atoms with Crippen molar-refractivity contribution in [2.24, 2.45) is 0 Å². The normalized spacial score (nSPS) is 12.3. The van der Waals surface area contributed by atoms with Gasteiger partial charge < -0.3 is 10.4 Å². The van der Waals surface area contributed by atoms with Crippen LogP contribution in [0.4, 0.5) is 0 Å². The minimum Gasteiger partial charge on any atom is -0.479 e. The maximum absolute atomic E-state index is 10.8. The van der Waals surface area contributed by atoms with Gasteiger partial charge in [0.05, 0.1) is 0 Å².